The Morgan fingerprint density at radius 2 is 1.58 bits per heavy atom. The quantitative estimate of drug-likeness (QED) is 0.220. The fourth-order valence-corrected chi connectivity index (χ4v) is 7.03. The normalized spacial score (nSPS) is 15.4. The molecule has 0 bridgehead atoms. The highest BCUT2D eigenvalue weighted by molar-refractivity contribution is 7.90. The standard InChI is InChI=1S/C34H39N3O5S/c1-26-30-19-8-9-20-31(30)37(23-12-17-27-13-4-2-5-14-27)32(26)33(38)35-43(40,41)24-21-29-18-10-11-22-36(29)34(39)42-25-28-15-6-3-7-16-28/h2-9,13-16,19-20,29H,10-12,17-18,21-25H2,1H3,(H,35,38)/t29-/m0/s1. The van der Waals surface area contributed by atoms with Crippen molar-refractivity contribution in [1.29, 1.82) is 0 Å². The van der Waals surface area contributed by atoms with Crippen LogP contribution in [0, 0.1) is 6.92 Å². The van der Waals surface area contributed by atoms with Crippen LogP contribution in [0.25, 0.3) is 10.9 Å². The fourth-order valence-electron chi connectivity index (χ4n) is 5.96. The van der Waals surface area contributed by atoms with Gasteiger partial charge in [-0.2, -0.15) is 0 Å². The SMILES string of the molecule is Cc1c(C(=O)NS(=O)(=O)CC[C@@H]2CCCCN2C(=O)OCc2ccccc2)n(CCCc2ccccc2)c2ccccc12. The number of amides is 2. The summed E-state index contributed by atoms with van der Waals surface area (Å²) in [5, 5.41) is 0.927. The maximum absolute atomic E-state index is 13.6. The number of sulfonamides is 1. The lowest BCUT2D eigenvalue weighted by atomic mass is 10.0. The van der Waals surface area contributed by atoms with Crippen LogP contribution in [-0.2, 0) is 34.3 Å². The van der Waals surface area contributed by atoms with Crippen LogP contribution in [0.4, 0.5) is 4.79 Å². The van der Waals surface area contributed by atoms with Crippen LogP contribution >= 0.6 is 0 Å². The van der Waals surface area contributed by atoms with E-state index < -0.39 is 22.0 Å². The molecule has 0 spiro atoms. The number of carbonyl (C=O) groups excluding carboxylic acids is 2. The summed E-state index contributed by atoms with van der Waals surface area (Å²) in [6.45, 7) is 3.12. The molecule has 2 heterocycles. The van der Waals surface area contributed by atoms with Gasteiger partial charge in [0.05, 0.1) is 5.75 Å². The van der Waals surface area contributed by atoms with E-state index in [9.17, 15) is 18.0 Å². The van der Waals surface area contributed by atoms with E-state index in [1.165, 1.54) is 5.56 Å². The van der Waals surface area contributed by atoms with Crippen LogP contribution in [0.2, 0.25) is 0 Å². The summed E-state index contributed by atoms with van der Waals surface area (Å²) in [6.07, 6.45) is 3.87. The fraction of sp³-hybridized carbons (Fsp3) is 0.353. The van der Waals surface area contributed by atoms with Gasteiger partial charge in [-0.15, -0.1) is 0 Å². The molecular weight excluding hydrogens is 562 g/mol. The molecule has 1 aliphatic rings. The number of nitrogens with zero attached hydrogens (tertiary/aromatic N) is 2. The van der Waals surface area contributed by atoms with E-state index in [2.05, 4.69) is 16.9 Å². The number of hydrogen-bond acceptors (Lipinski definition) is 5. The number of rotatable bonds is 11. The van der Waals surface area contributed by atoms with Crippen LogP contribution in [0.1, 0.15) is 59.3 Å². The maximum Gasteiger partial charge on any atom is 0.410 e. The molecule has 2 amide bonds. The molecule has 1 fully saturated rings. The number of likely N-dealkylation sites (tertiary alicyclic amines) is 1. The molecule has 0 radical (unpaired) electrons. The van der Waals surface area contributed by atoms with Gasteiger partial charge in [-0.3, -0.25) is 4.79 Å². The molecule has 1 aromatic heterocycles. The zero-order chi connectivity index (χ0) is 30.2. The molecular formula is C34H39N3O5S. The summed E-state index contributed by atoms with van der Waals surface area (Å²) >= 11 is 0. The van der Waals surface area contributed by atoms with Crippen molar-refractivity contribution >= 4 is 32.9 Å². The van der Waals surface area contributed by atoms with E-state index in [0.29, 0.717) is 25.2 Å². The molecule has 4 aromatic rings. The van der Waals surface area contributed by atoms with Crippen molar-refractivity contribution in [2.75, 3.05) is 12.3 Å². The van der Waals surface area contributed by atoms with Gasteiger partial charge in [0, 0.05) is 30.0 Å². The Morgan fingerprint density at radius 3 is 2.33 bits per heavy atom. The monoisotopic (exact) mass is 601 g/mol. The van der Waals surface area contributed by atoms with Crippen LogP contribution in [0.5, 0.6) is 0 Å². The highest BCUT2D eigenvalue weighted by Gasteiger charge is 2.30. The average Bonchev–Trinajstić information content (AvgIpc) is 3.31. The number of piperidine rings is 1. The summed E-state index contributed by atoms with van der Waals surface area (Å²) < 4.78 is 36.2. The third kappa shape index (κ3) is 7.65. The van der Waals surface area contributed by atoms with Crippen LogP contribution in [0.3, 0.4) is 0 Å². The van der Waals surface area contributed by atoms with Gasteiger partial charge in [0.2, 0.25) is 10.0 Å². The number of ether oxygens (including phenoxy) is 1. The van der Waals surface area contributed by atoms with Crippen LogP contribution < -0.4 is 4.72 Å². The smallest absolute Gasteiger partial charge is 0.410 e. The number of fused-ring (bicyclic) bond motifs is 1. The lowest BCUT2D eigenvalue weighted by Gasteiger charge is -2.34. The van der Waals surface area contributed by atoms with E-state index in [1.807, 2.05) is 84.3 Å². The largest absolute Gasteiger partial charge is 0.445 e. The number of hydrogen-bond donors (Lipinski definition) is 1. The predicted octanol–water partition coefficient (Wildman–Crippen LogP) is 6.22. The second-order valence-electron chi connectivity index (χ2n) is 11.2. The maximum atomic E-state index is 13.6. The zero-order valence-electron chi connectivity index (χ0n) is 24.6. The van der Waals surface area contributed by atoms with Crippen molar-refractivity contribution in [3.05, 3.63) is 107 Å². The first kappa shape index (κ1) is 30.4. The Kier molecular flexibility index (Phi) is 9.82. The van der Waals surface area contributed by atoms with Gasteiger partial charge < -0.3 is 14.2 Å². The third-order valence-corrected chi connectivity index (χ3v) is 9.43. The topological polar surface area (TPSA) is 97.7 Å². The van der Waals surface area contributed by atoms with E-state index in [0.717, 1.165) is 47.7 Å². The van der Waals surface area contributed by atoms with E-state index in [4.69, 9.17) is 4.74 Å². The Labute approximate surface area is 253 Å². The van der Waals surface area contributed by atoms with Gasteiger partial charge in [0.1, 0.15) is 12.3 Å². The second-order valence-corrected chi connectivity index (χ2v) is 13.0. The van der Waals surface area contributed by atoms with Crippen molar-refractivity contribution in [1.82, 2.24) is 14.2 Å². The number of nitrogens with one attached hydrogen (secondary N) is 1. The molecule has 9 heteroatoms. The first-order chi connectivity index (χ1) is 20.8. The summed E-state index contributed by atoms with van der Waals surface area (Å²) in [7, 11) is -3.96. The number of aryl methyl sites for hydroxylation is 3. The summed E-state index contributed by atoms with van der Waals surface area (Å²) in [5.74, 6) is -0.893. The Balaban J connectivity index is 1.24. The van der Waals surface area contributed by atoms with Crippen LogP contribution in [0.15, 0.2) is 84.9 Å². The first-order valence-electron chi connectivity index (χ1n) is 15.0. The molecule has 5 rings (SSSR count). The van der Waals surface area contributed by atoms with Crippen molar-refractivity contribution in [3.63, 3.8) is 0 Å². The molecule has 0 aliphatic carbocycles. The van der Waals surface area contributed by atoms with Gasteiger partial charge in [-0.05, 0) is 68.2 Å². The summed E-state index contributed by atoms with van der Waals surface area (Å²) in [6, 6.07) is 27.1. The summed E-state index contributed by atoms with van der Waals surface area (Å²) in [5.41, 5.74) is 4.12. The number of para-hydroxylation sites is 1. The van der Waals surface area contributed by atoms with Crippen molar-refractivity contribution in [2.45, 2.75) is 64.6 Å². The van der Waals surface area contributed by atoms with Gasteiger partial charge in [-0.25, -0.2) is 17.9 Å². The number of aromatic nitrogens is 1. The predicted molar refractivity (Wildman–Crippen MR) is 168 cm³/mol. The lowest BCUT2D eigenvalue weighted by Crippen LogP contribution is -2.45. The average molecular weight is 602 g/mol. The molecule has 8 nitrogen and oxygen atoms in total. The minimum atomic E-state index is -3.96. The van der Waals surface area contributed by atoms with E-state index >= 15 is 0 Å². The van der Waals surface area contributed by atoms with Gasteiger partial charge in [0.15, 0.2) is 0 Å². The first-order valence-corrected chi connectivity index (χ1v) is 16.6. The van der Waals surface area contributed by atoms with Crippen molar-refractivity contribution < 1.29 is 22.7 Å². The second kappa shape index (κ2) is 13.9. The molecule has 0 unspecified atom stereocenters. The molecule has 1 saturated heterocycles. The molecule has 1 atom stereocenters. The molecule has 43 heavy (non-hydrogen) atoms. The molecule has 3 aromatic carbocycles. The van der Waals surface area contributed by atoms with Crippen LogP contribution in [-0.4, -0.2) is 48.2 Å². The minimum Gasteiger partial charge on any atom is -0.445 e. The Bertz CT molecular complexity index is 1650. The van der Waals surface area contributed by atoms with Crippen molar-refractivity contribution in [2.24, 2.45) is 0 Å². The van der Waals surface area contributed by atoms with E-state index in [-0.39, 0.29) is 24.8 Å². The Hall–Kier alpha value is -4.11. The number of carbonyl (C=O) groups is 2. The third-order valence-electron chi connectivity index (χ3n) is 8.16. The summed E-state index contributed by atoms with van der Waals surface area (Å²) in [4.78, 5) is 28.1. The highest BCUT2D eigenvalue weighted by atomic mass is 32.2. The van der Waals surface area contributed by atoms with Gasteiger partial charge in [-0.1, -0.05) is 78.9 Å². The minimum absolute atomic E-state index is 0.163. The number of benzene rings is 3. The highest BCUT2D eigenvalue weighted by Crippen LogP contribution is 2.27. The molecule has 1 aliphatic heterocycles. The lowest BCUT2D eigenvalue weighted by molar-refractivity contribution is 0.0672. The zero-order valence-corrected chi connectivity index (χ0v) is 25.4. The van der Waals surface area contributed by atoms with Crippen molar-refractivity contribution in [3.8, 4) is 0 Å². The molecule has 1 N–H and O–H groups in total. The van der Waals surface area contributed by atoms with Gasteiger partial charge >= 0.3 is 6.09 Å². The molecule has 226 valence electrons. The van der Waals surface area contributed by atoms with Gasteiger partial charge in [0.25, 0.3) is 5.91 Å². The Morgan fingerprint density at radius 1 is 0.907 bits per heavy atom. The van der Waals surface area contributed by atoms with E-state index in [1.54, 1.807) is 4.90 Å². The molecule has 0 saturated carbocycles.